The van der Waals surface area contributed by atoms with Crippen LogP contribution in [0.5, 0.6) is 0 Å². The first-order chi connectivity index (χ1) is 11.6. The van der Waals surface area contributed by atoms with Crippen molar-refractivity contribution < 1.29 is 4.79 Å². The monoisotopic (exact) mass is 322 g/mol. The zero-order valence-electron chi connectivity index (χ0n) is 13.7. The van der Waals surface area contributed by atoms with Gasteiger partial charge in [0.05, 0.1) is 30.0 Å². The molecule has 1 aliphatic carbocycles. The predicted molar refractivity (Wildman–Crippen MR) is 90.3 cm³/mol. The standard InChI is InChI=1S/C18H18N4O2/c1-11-7-15(12(2)22(11)13-3-4-13)17(23)9-21-10-20-16-8-19-6-5-14(16)18(21)24/h5-8,10,13H,3-4,9H2,1-2H3. The molecule has 0 aliphatic heterocycles. The van der Waals surface area contributed by atoms with E-state index in [2.05, 4.69) is 14.5 Å². The molecular formula is C18H18N4O2. The Balaban J connectivity index is 1.69. The number of aryl methyl sites for hydroxylation is 1. The summed E-state index contributed by atoms with van der Waals surface area (Å²) in [4.78, 5) is 33.4. The van der Waals surface area contributed by atoms with E-state index in [0.717, 1.165) is 11.4 Å². The Morgan fingerprint density at radius 3 is 2.88 bits per heavy atom. The smallest absolute Gasteiger partial charge is 0.261 e. The molecule has 4 rings (SSSR count). The zero-order chi connectivity index (χ0) is 16.8. The Morgan fingerprint density at radius 1 is 1.33 bits per heavy atom. The summed E-state index contributed by atoms with van der Waals surface area (Å²) < 4.78 is 3.61. The topological polar surface area (TPSA) is 69.8 Å². The van der Waals surface area contributed by atoms with E-state index in [1.165, 1.54) is 23.7 Å². The minimum absolute atomic E-state index is 0.000936. The molecule has 0 saturated heterocycles. The van der Waals surface area contributed by atoms with Gasteiger partial charge in [0.15, 0.2) is 5.78 Å². The highest BCUT2D eigenvalue weighted by Crippen LogP contribution is 2.38. The van der Waals surface area contributed by atoms with Crippen LogP contribution in [0.1, 0.15) is 40.6 Å². The average Bonchev–Trinajstić information content (AvgIpc) is 3.35. The fourth-order valence-electron chi connectivity index (χ4n) is 3.32. The molecular weight excluding hydrogens is 304 g/mol. The molecule has 0 N–H and O–H groups in total. The number of nitrogens with zero attached hydrogens (tertiary/aromatic N) is 4. The lowest BCUT2D eigenvalue weighted by atomic mass is 10.1. The van der Waals surface area contributed by atoms with Crippen LogP contribution in [-0.4, -0.2) is 24.9 Å². The first kappa shape index (κ1) is 14.8. The van der Waals surface area contributed by atoms with Crippen LogP contribution in [0.3, 0.4) is 0 Å². The van der Waals surface area contributed by atoms with E-state index in [0.29, 0.717) is 22.5 Å². The van der Waals surface area contributed by atoms with Crippen molar-refractivity contribution >= 4 is 16.7 Å². The van der Waals surface area contributed by atoms with Crippen LogP contribution in [0.25, 0.3) is 10.9 Å². The van der Waals surface area contributed by atoms with Crippen molar-refractivity contribution in [3.05, 3.63) is 58.2 Å². The predicted octanol–water partition coefficient (Wildman–Crippen LogP) is 2.43. The minimum atomic E-state index is -0.216. The van der Waals surface area contributed by atoms with Crippen molar-refractivity contribution in [1.82, 2.24) is 19.1 Å². The highest BCUT2D eigenvalue weighted by Gasteiger charge is 2.28. The van der Waals surface area contributed by atoms with Gasteiger partial charge in [-0.15, -0.1) is 0 Å². The molecule has 3 aromatic rings. The number of aromatic nitrogens is 4. The first-order valence-corrected chi connectivity index (χ1v) is 8.07. The molecule has 0 amide bonds. The quantitative estimate of drug-likeness (QED) is 0.692. The summed E-state index contributed by atoms with van der Waals surface area (Å²) >= 11 is 0. The number of ketones is 1. The fraction of sp³-hybridized carbons (Fsp3) is 0.333. The van der Waals surface area contributed by atoms with Crippen LogP contribution in [0.4, 0.5) is 0 Å². The number of carbonyl (C=O) groups is 1. The number of fused-ring (bicyclic) bond motifs is 1. The lowest BCUT2D eigenvalue weighted by Crippen LogP contribution is -2.25. The fourth-order valence-corrected chi connectivity index (χ4v) is 3.32. The lowest BCUT2D eigenvalue weighted by Gasteiger charge is -2.08. The second-order valence-electron chi connectivity index (χ2n) is 6.38. The van der Waals surface area contributed by atoms with Gasteiger partial charge in [-0.2, -0.15) is 0 Å². The molecule has 0 unspecified atom stereocenters. The van der Waals surface area contributed by atoms with Crippen molar-refractivity contribution in [2.75, 3.05) is 0 Å². The van der Waals surface area contributed by atoms with E-state index in [1.807, 2.05) is 19.9 Å². The number of rotatable bonds is 4. The van der Waals surface area contributed by atoms with Gasteiger partial charge in [-0.05, 0) is 38.8 Å². The van der Waals surface area contributed by atoms with Crippen molar-refractivity contribution in [2.45, 2.75) is 39.3 Å². The van der Waals surface area contributed by atoms with E-state index in [9.17, 15) is 9.59 Å². The van der Waals surface area contributed by atoms with E-state index < -0.39 is 0 Å². The van der Waals surface area contributed by atoms with E-state index in [1.54, 1.807) is 18.5 Å². The molecule has 0 radical (unpaired) electrons. The summed E-state index contributed by atoms with van der Waals surface area (Å²) in [5, 5.41) is 0.476. The number of hydrogen-bond acceptors (Lipinski definition) is 4. The summed E-state index contributed by atoms with van der Waals surface area (Å²) in [7, 11) is 0. The van der Waals surface area contributed by atoms with Crippen LogP contribution >= 0.6 is 0 Å². The Hall–Kier alpha value is -2.76. The van der Waals surface area contributed by atoms with Gasteiger partial charge in [-0.1, -0.05) is 0 Å². The third-order valence-electron chi connectivity index (χ3n) is 4.64. The van der Waals surface area contributed by atoms with E-state index in [4.69, 9.17) is 0 Å². The normalized spacial score (nSPS) is 14.2. The van der Waals surface area contributed by atoms with Gasteiger partial charge in [-0.25, -0.2) is 4.98 Å². The molecule has 1 saturated carbocycles. The molecule has 0 spiro atoms. The largest absolute Gasteiger partial charge is 0.345 e. The summed E-state index contributed by atoms with van der Waals surface area (Å²) in [6.45, 7) is 4.00. The highest BCUT2D eigenvalue weighted by atomic mass is 16.1. The van der Waals surface area contributed by atoms with Crippen molar-refractivity contribution in [3.8, 4) is 0 Å². The van der Waals surface area contributed by atoms with Gasteiger partial charge in [0.25, 0.3) is 5.56 Å². The number of hydrogen-bond donors (Lipinski definition) is 0. The van der Waals surface area contributed by atoms with Crippen LogP contribution in [0, 0.1) is 13.8 Å². The third kappa shape index (κ3) is 2.35. The second kappa shape index (κ2) is 5.40. The lowest BCUT2D eigenvalue weighted by molar-refractivity contribution is 0.0970. The minimum Gasteiger partial charge on any atom is -0.345 e. The van der Waals surface area contributed by atoms with Crippen molar-refractivity contribution in [1.29, 1.82) is 0 Å². The maximum absolute atomic E-state index is 12.7. The van der Waals surface area contributed by atoms with Crippen LogP contribution in [0.15, 0.2) is 35.6 Å². The van der Waals surface area contributed by atoms with Gasteiger partial charge in [0.2, 0.25) is 0 Å². The van der Waals surface area contributed by atoms with E-state index in [-0.39, 0.29) is 17.9 Å². The molecule has 1 aliphatic rings. The third-order valence-corrected chi connectivity index (χ3v) is 4.64. The molecule has 0 bridgehead atoms. The van der Waals surface area contributed by atoms with Gasteiger partial charge in [0, 0.05) is 29.2 Å². The van der Waals surface area contributed by atoms with Crippen LogP contribution in [-0.2, 0) is 6.54 Å². The van der Waals surface area contributed by atoms with Gasteiger partial charge in [-0.3, -0.25) is 19.1 Å². The maximum Gasteiger partial charge on any atom is 0.261 e. The Morgan fingerprint density at radius 2 is 2.12 bits per heavy atom. The van der Waals surface area contributed by atoms with Crippen molar-refractivity contribution in [3.63, 3.8) is 0 Å². The van der Waals surface area contributed by atoms with Crippen molar-refractivity contribution in [2.24, 2.45) is 0 Å². The number of Topliss-reactive ketones (excluding diaryl/α,β-unsaturated/α-hetero) is 1. The molecule has 1 fully saturated rings. The SMILES string of the molecule is Cc1cc(C(=O)Cn2cnc3cnccc3c2=O)c(C)n1C1CC1. The molecule has 24 heavy (non-hydrogen) atoms. The molecule has 3 heterocycles. The molecule has 122 valence electrons. The highest BCUT2D eigenvalue weighted by molar-refractivity contribution is 5.97. The van der Waals surface area contributed by atoms with Crippen LogP contribution in [0.2, 0.25) is 0 Å². The second-order valence-corrected chi connectivity index (χ2v) is 6.38. The molecule has 6 heteroatoms. The summed E-state index contributed by atoms with van der Waals surface area (Å²) in [5.41, 5.74) is 3.12. The number of pyridine rings is 1. The Bertz CT molecular complexity index is 1010. The average molecular weight is 322 g/mol. The Kier molecular flexibility index (Phi) is 3.33. The number of carbonyl (C=O) groups excluding carboxylic acids is 1. The first-order valence-electron chi connectivity index (χ1n) is 8.07. The van der Waals surface area contributed by atoms with Crippen LogP contribution < -0.4 is 5.56 Å². The van der Waals surface area contributed by atoms with E-state index >= 15 is 0 Å². The van der Waals surface area contributed by atoms with Gasteiger partial charge >= 0.3 is 0 Å². The molecule has 3 aromatic heterocycles. The summed E-state index contributed by atoms with van der Waals surface area (Å²) in [5.74, 6) is -0.0627. The van der Waals surface area contributed by atoms with Gasteiger partial charge < -0.3 is 4.57 Å². The van der Waals surface area contributed by atoms with Gasteiger partial charge in [0.1, 0.15) is 0 Å². The Labute approximate surface area is 138 Å². The maximum atomic E-state index is 12.7. The zero-order valence-corrected chi connectivity index (χ0v) is 13.7. The molecule has 0 aromatic carbocycles. The summed E-state index contributed by atoms with van der Waals surface area (Å²) in [6.07, 6.45) is 6.87. The molecule has 6 nitrogen and oxygen atoms in total. The summed E-state index contributed by atoms with van der Waals surface area (Å²) in [6, 6.07) is 4.09. The molecule has 0 atom stereocenters.